The van der Waals surface area contributed by atoms with Gasteiger partial charge in [0.05, 0.1) is 24.2 Å². The van der Waals surface area contributed by atoms with E-state index >= 15 is 0 Å². The molecule has 0 amide bonds. The topological polar surface area (TPSA) is 39.1 Å². The smallest absolute Gasteiger partial charge is 0.127 e. The molecule has 1 aromatic heterocycles. The van der Waals surface area contributed by atoms with Crippen LogP contribution in [0.4, 0.5) is 0 Å². The van der Waals surface area contributed by atoms with Crippen molar-refractivity contribution >= 4 is 23.1 Å². The molecule has 2 heterocycles. The summed E-state index contributed by atoms with van der Waals surface area (Å²) in [4.78, 5) is 5.93. The van der Waals surface area contributed by atoms with Gasteiger partial charge in [-0.1, -0.05) is 13.8 Å². The van der Waals surface area contributed by atoms with Crippen molar-refractivity contribution in [2.75, 3.05) is 13.7 Å². The minimum absolute atomic E-state index is 0.347. The Labute approximate surface area is 117 Å². The molecule has 0 saturated carbocycles. The first-order valence-corrected chi connectivity index (χ1v) is 7.39. The number of fused-ring (bicyclic) bond motifs is 3. The van der Waals surface area contributed by atoms with Crippen LogP contribution in [0.25, 0.3) is 11.0 Å². The maximum atomic E-state index is 5.13. The summed E-state index contributed by atoms with van der Waals surface area (Å²) < 4.78 is 7.47. The first-order valence-electron chi connectivity index (χ1n) is 6.65. The van der Waals surface area contributed by atoms with Gasteiger partial charge in [-0.05, 0) is 24.1 Å². The minimum Gasteiger partial charge on any atom is -0.325 e. The largest absolute Gasteiger partial charge is 0.325 e. The number of hydrogen-bond acceptors (Lipinski definition) is 4. The molecule has 0 bridgehead atoms. The third kappa shape index (κ3) is 2.26. The Hall–Kier alpha value is -1.04. The molecule has 19 heavy (non-hydrogen) atoms. The highest BCUT2D eigenvalue weighted by atomic mass is 32.2. The van der Waals surface area contributed by atoms with Gasteiger partial charge in [0.2, 0.25) is 0 Å². The second kappa shape index (κ2) is 5.15. The average Bonchev–Trinajstić information content (AvgIpc) is 2.77. The summed E-state index contributed by atoms with van der Waals surface area (Å²) in [6.07, 6.45) is 0. The summed E-state index contributed by atoms with van der Waals surface area (Å²) in [6.45, 7) is 6.46. The number of aromatic nitrogens is 2. The molecular weight excluding hydrogens is 258 g/mol. The fourth-order valence-electron chi connectivity index (χ4n) is 2.70. The van der Waals surface area contributed by atoms with Crippen LogP contribution in [-0.4, -0.2) is 23.2 Å². The molecular formula is C14H19N3OS. The lowest BCUT2D eigenvalue weighted by molar-refractivity contribution is 0.342. The SMILES string of the molecule is COSc1ccc2nc3n(c2c1)CCNC3C(C)C. The van der Waals surface area contributed by atoms with Crippen molar-refractivity contribution in [1.29, 1.82) is 0 Å². The Morgan fingerprint density at radius 1 is 1.47 bits per heavy atom. The van der Waals surface area contributed by atoms with Crippen LogP contribution in [0.3, 0.4) is 0 Å². The second-order valence-electron chi connectivity index (χ2n) is 5.20. The van der Waals surface area contributed by atoms with E-state index in [4.69, 9.17) is 9.17 Å². The summed E-state index contributed by atoms with van der Waals surface area (Å²) in [5.74, 6) is 1.71. The van der Waals surface area contributed by atoms with Crippen LogP contribution in [0.5, 0.6) is 0 Å². The van der Waals surface area contributed by atoms with Crippen LogP contribution in [-0.2, 0) is 10.7 Å². The molecule has 1 N–H and O–H groups in total. The molecule has 4 nitrogen and oxygen atoms in total. The van der Waals surface area contributed by atoms with E-state index in [0.29, 0.717) is 12.0 Å². The summed E-state index contributed by atoms with van der Waals surface area (Å²) in [5.41, 5.74) is 2.29. The molecule has 3 rings (SSSR count). The zero-order valence-corrected chi connectivity index (χ0v) is 12.3. The van der Waals surface area contributed by atoms with Gasteiger partial charge in [-0.25, -0.2) is 4.98 Å². The van der Waals surface area contributed by atoms with Gasteiger partial charge in [0.1, 0.15) is 5.82 Å². The zero-order chi connectivity index (χ0) is 13.4. The summed E-state index contributed by atoms with van der Waals surface area (Å²) in [5, 5.41) is 3.56. The Morgan fingerprint density at radius 3 is 3.05 bits per heavy atom. The summed E-state index contributed by atoms with van der Waals surface area (Å²) in [6, 6.07) is 6.66. The van der Waals surface area contributed by atoms with Crippen LogP contribution in [0.1, 0.15) is 25.7 Å². The van der Waals surface area contributed by atoms with Crippen molar-refractivity contribution < 1.29 is 4.18 Å². The van der Waals surface area contributed by atoms with Crippen LogP contribution in [0.15, 0.2) is 23.1 Å². The van der Waals surface area contributed by atoms with Gasteiger partial charge in [-0.15, -0.1) is 0 Å². The van der Waals surface area contributed by atoms with E-state index in [0.717, 1.165) is 29.3 Å². The van der Waals surface area contributed by atoms with E-state index < -0.39 is 0 Å². The fraction of sp³-hybridized carbons (Fsp3) is 0.500. The second-order valence-corrected chi connectivity index (χ2v) is 6.17. The number of nitrogens with one attached hydrogen (secondary N) is 1. The molecule has 1 aromatic carbocycles. The lowest BCUT2D eigenvalue weighted by Gasteiger charge is -2.28. The van der Waals surface area contributed by atoms with E-state index in [2.05, 4.69) is 41.9 Å². The van der Waals surface area contributed by atoms with Crippen LogP contribution < -0.4 is 5.32 Å². The Bertz CT molecular complexity index is 594. The van der Waals surface area contributed by atoms with Gasteiger partial charge in [0, 0.05) is 30.0 Å². The predicted octanol–water partition coefficient (Wildman–Crippen LogP) is 2.99. The quantitative estimate of drug-likeness (QED) is 0.875. The highest BCUT2D eigenvalue weighted by Gasteiger charge is 2.26. The first-order chi connectivity index (χ1) is 9.20. The molecule has 0 saturated heterocycles. The summed E-state index contributed by atoms with van der Waals surface area (Å²) in [7, 11) is 1.69. The fourth-order valence-corrected chi connectivity index (χ4v) is 3.17. The first kappa shape index (κ1) is 13.0. The highest BCUT2D eigenvalue weighted by Crippen LogP contribution is 2.30. The van der Waals surface area contributed by atoms with Gasteiger partial charge in [0.15, 0.2) is 0 Å². The van der Waals surface area contributed by atoms with Gasteiger partial charge in [0.25, 0.3) is 0 Å². The number of imidazole rings is 1. The molecule has 0 fully saturated rings. The normalized spacial score (nSPS) is 19.1. The van der Waals surface area contributed by atoms with Crippen molar-refractivity contribution in [3.63, 3.8) is 0 Å². The van der Waals surface area contributed by atoms with Gasteiger partial charge in [-0.3, -0.25) is 0 Å². The predicted molar refractivity (Wildman–Crippen MR) is 78.2 cm³/mol. The number of hydrogen-bond donors (Lipinski definition) is 1. The molecule has 0 radical (unpaired) electrons. The Kier molecular flexibility index (Phi) is 3.52. The standard InChI is InChI=1S/C14H19N3OS/c1-9(2)13-14-16-11-5-4-10(19-18-3)8-12(11)17(14)7-6-15-13/h4-5,8-9,13,15H,6-7H2,1-3H3. The van der Waals surface area contributed by atoms with Crippen molar-refractivity contribution in [3.05, 3.63) is 24.0 Å². The highest BCUT2D eigenvalue weighted by molar-refractivity contribution is 7.94. The zero-order valence-electron chi connectivity index (χ0n) is 11.5. The molecule has 102 valence electrons. The van der Waals surface area contributed by atoms with E-state index in [9.17, 15) is 0 Å². The molecule has 0 spiro atoms. The molecule has 1 aliphatic heterocycles. The van der Waals surface area contributed by atoms with E-state index in [1.54, 1.807) is 7.11 Å². The summed E-state index contributed by atoms with van der Waals surface area (Å²) >= 11 is 1.39. The van der Waals surface area contributed by atoms with Crippen molar-refractivity contribution in [2.24, 2.45) is 5.92 Å². The maximum absolute atomic E-state index is 5.13. The third-order valence-electron chi connectivity index (χ3n) is 3.57. The van der Waals surface area contributed by atoms with Crippen LogP contribution in [0, 0.1) is 5.92 Å². The molecule has 0 aliphatic carbocycles. The Morgan fingerprint density at radius 2 is 2.32 bits per heavy atom. The number of nitrogens with zero attached hydrogens (tertiary/aromatic N) is 2. The van der Waals surface area contributed by atoms with Crippen molar-refractivity contribution in [3.8, 4) is 0 Å². The number of benzene rings is 1. The third-order valence-corrected chi connectivity index (χ3v) is 4.19. The Balaban J connectivity index is 2.11. The van der Waals surface area contributed by atoms with Gasteiger partial charge >= 0.3 is 0 Å². The minimum atomic E-state index is 0.347. The van der Waals surface area contributed by atoms with Crippen LogP contribution >= 0.6 is 12.0 Å². The van der Waals surface area contributed by atoms with Gasteiger partial charge < -0.3 is 14.1 Å². The van der Waals surface area contributed by atoms with Gasteiger partial charge in [-0.2, -0.15) is 0 Å². The number of rotatable bonds is 3. The molecule has 1 atom stereocenters. The molecule has 1 aliphatic rings. The molecule has 5 heteroatoms. The molecule has 1 unspecified atom stereocenters. The van der Waals surface area contributed by atoms with Crippen LogP contribution in [0.2, 0.25) is 0 Å². The van der Waals surface area contributed by atoms with E-state index in [1.807, 2.05) is 0 Å². The lowest BCUT2D eigenvalue weighted by atomic mass is 10.0. The molecule has 2 aromatic rings. The van der Waals surface area contributed by atoms with E-state index in [-0.39, 0.29) is 0 Å². The maximum Gasteiger partial charge on any atom is 0.127 e. The van der Waals surface area contributed by atoms with Crippen molar-refractivity contribution in [1.82, 2.24) is 14.9 Å². The van der Waals surface area contributed by atoms with Crippen molar-refractivity contribution in [2.45, 2.75) is 31.3 Å². The average molecular weight is 277 g/mol. The van der Waals surface area contributed by atoms with E-state index in [1.165, 1.54) is 17.6 Å². The monoisotopic (exact) mass is 277 g/mol. The lowest BCUT2D eigenvalue weighted by Crippen LogP contribution is -2.36.